The second-order valence-electron chi connectivity index (χ2n) is 4.87. The molecule has 0 aliphatic rings. The topological polar surface area (TPSA) is 85.4 Å². The van der Waals surface area contributed by atoms with Gasteiger partial charge in [0, 0.05) is 22.7 Å². The van der Waals surface area contributed by atoms with E-state index in [0.29, 0.717) is 28.0 Å². The number of aromatic nitrogens is 1. The van der Waals surface area contributed by atoms with E-state index in [1.54, 1.807) is 43.5 Å². The van der Waals surface area contributed by atoms with E-state index in [1.165, 1.54) is 0 Å². The van der Waals surface area contributed by atoms with Crippen LogP contribution in [0.15, 0.2) is 48.5 Å². The number of hydrogen-bond acceptors (Lipinski definition) is 4. The molecule has 0 radical (unpaired) electrons. The summed E-state index contributed by atoms with van der Waals surface area (Å²) >= 11 is 0. The summed E-state index contributed by atoms with van der Waals surface area (Å²) in [6, 6.07) is 13.9. The van der Waals surface area contributed by atoms with Gasteiger partial charge in [0.05, 0.1) is 23.9 Å². The van der Waals surface area contributed by atoms with Gasteiger partial charge >= 0.3 is 5.97 Å². The molecule has 1 heterocycles. The summed E-state index contributed by atoms with van der Waals surface area (Å²) in [5.41, 5.74) is 8.49. The number of carboxylic acids is 1. The molecule has 22 heavy (non-hydrogen) atoms. The Bertz CT molecular complexity index is 858. The number of rotatable bonds is 3. The van der Waals surface area contributed by atoms with Gasteiger partial charge in [-0.3, -0.25) is 0 Å². The van der Waals surface area contributed by atoms with Gasteiger partial charge in [-0.25, -0.2) is 9.78 Å². The zero-order valence-corrected chi connectivity index (χ0v) is 11.9. The molecule has 0 amide bonds. The average molecular weight is 294 g/mol. The van der Waals surface area contributed by atoms with Gasteiger partial charge in [0.2, 0.25) is 0 Å². The van der Waals surface area contributed by atoms with Crippen molar-refractivity contribution < 1.29 is 14.6 Å². The molecule has 2 aromatic carbocycles. The molecule has 0 saturated heterocycles. The summed E-state index contributed by atoms with van der Waals surface area (Å²) in [6.07, 6.45) is 0. The summed E-state index contributed by atoms with van der Waals surface area (Å²) in [4.78, 5) is 16.1. The second-order valence-corrected chi connectivity index (χ2v) is 4.87. The molecule has 0 bridgehead atoms. The van der Waals surface area contributed by atoms with Gasteiger partial charge in [0.25, 0.3) is 0 Å². The molecule has 0 saturated carbocycles. The van der Waals surface area contributed by atoms with Crippen LogP contribution in [0.3, 0.4) is 0 Å². The molecule has 0 spiro atoms. The fraction of sp³-hybridized carbons (Fsp3) is 0.0588. The number of ether oxygens (including phenoxy) is 1. The standard InChI is InChI=1S/C17H14N2O3/c1-22-12-6-7-13-14(17(20)21)9-15(19-16(13)8-12)10-2-4-11(18)5-3-10/h2-9H,18H2,1H3,(H,20,21). The lowest BCUT2D eigenvalue weighted by atomic mass is 10.0. The number of carbonyl (C=O) groups is 1. The van der Waals surface area contributed by atoms with Crippen molar-refractivity contribution in [2.45, 2.75) is 0 Å². The van der Waals surface area contributed by atoms with Gasteiger partial charge in [-0.1, -0.05) is 12.1 Å². The van der Waals surface area contributed by atoms with Crippen LogP contribution in [-0.4, -0.2) is 23.2 Å². The Morgan fingerprint density at radius 2 is 1.86 bits per heavy atom. The van der Waals surface area contributed by atoms with E-state index in [4.69, 9.17) is 10.5 Å². The minimum atomic E-state index is -0.991. The third-order valence-corrected chi connectivity index (χ3v) is 3.45. The first-order chi connectivity index (χ1) is 10.6. The summed E-state index contributed by atoms with van der Waals surface area (Å²) in [5.74, 6) is -0.361. The number of aromatic carboxylic acids is 1. The van der Waals surface area contributed by atoms with E-state index < -0.39 is 5.97 Å². The molecular formula is C17H14N2O3. The smallest absolute Gasteiger partial charge is 0.336 e. The molecule has 3 N–H and O–H groups in total. The molecule has 5 nitrogen and oxygen atoms in total. The Balaban J connectivity index is 2.26. The lowest BCUT2D eigenvalue weighted by Crippen LogP contribution is -2.00. The zero-order valence-electron chi connectivity index (χ0n) is 11.9. The van der Waals surface area contributed by atoms with Gasteiger partial charge in [0.1, 0.15) is 5.75 Å². The van der Waals surface area contributed by atoms with Crippen molar-refractivity contribution in [3.05, 3.63) is 54.1 Å². The minimum absolute atomic E-state index is 0.208. The second kappa shape index (κ2) is 5.37. The van der Waals surface area contributed by atoms with Crippen molar-refractivity contribution in [3.8, 4) is 17.0 Å². The first kappa shape index (κ1) is 13.9. The van der Waals surface area contributed by atoms with Gasteiger partial charge in [-0.05, 0) is 30.3 Å². The van der Waals surface area contributed by atoms with E-state index in [0.717, 1.165) is 5.56 Å². The number of benzene rings is 2. The highest BCUT2D eigenvalue weighted by Gasteiger charge is 2.13. The molecule has 0 fully saturated rings. The quantitative estimate of drug-likeness (QED) is 0.724. The number of fused-ring (bicyclic) bond motifs is 1. The third-order valence-electron chi connectivity index (χ3n) is 3.45. The van der Waals surface area contributed by atoms with Crippen molar-refractivity contribution in [2.75, 3.05) is 12.8 Å². The van der Waals surface area contributed by atoms with Crippen LogP contribution in [0.25, 0.3) is 22.2 Å². The monoisotopic (exact) mass is 294 g/mol. The van der Waals surface area contributed by atoms with Crippen molar-refractivity contribution >= 4 is 22.6 Å². The molecule has 3 aromatic rings. The fourth-order valence-electron chi connectivity index (χ4n) is 2.31. The Morgan fingerprint density at radius 3 is 2.50 bits per heavy atom. The van der Waals surface area contributed by atoms with Crippen LogP contribution in [0.4, 0.5) is 5.69 Å². The predicted molar refractivity (Wildman–Crippen MR) is 85.1 cm³/mol. The van der Waals surface area contributed by atoms with Gasteiger partial charge in [-0.15, -0.1) is 0 Å². The lowest BCUT2D eigenvalue weighted by molar-refractivity contribution is 0.0699. The highest BCUT2D eigenvalue weighted by atomic mass is 16.5. The minimum Gasteiger partial charge on any atom is -0.497 e. The maximum Gasteiger partial charge on any atom is 0.336 e. The van der Waals surface area contributed by atoms with Crippen LogP contribution in [0.1, 0.15) is 10.4 Å². The SMILES string of the molecule is COc1ccc2c(C(=O)O)cc(-c3ccc(N)cc3)nc2c1. The highest BCUT2D eigenvalue weighted by Crippen LogP contribution is 2.28. The maximum atomic E-state index is 11.5. The van der Waals surface area contributed by atoms with Crippen LogP contribution in [0.5, 0.6) is 5.75 Å². The molecule has 110 valence electrons. The Kier molecular flexibility index (Phi) is 3.39. The van der Waals surface area contributed by atoms with Crippen LogP contribution >= 0.6 is 0 Å². The van der Waals surface area contributed by atoms with Crippen molar-refractivity contribution in [3.63, 3.8) is 0 Å². The summed E-state index contributed by atoms with van der Waals surface area (Å²) in [6.45, 7) is 0. The first-order valence-corrected chi connectivity index (χ1v) is 6.66. The third kappa shape index (κ3) is 2.44. The lowest BCUT2D eigenvalue weighted by Gasteiger charge is -2.09. The number of carboxylic acid groups (broad SMARTS) is 1. The maximum absolute atomic E-state index is 11.5. The Labute approximate surface area is 127 Å². The summed E-state index contributed by atoms with van der Waals surface area (Å²) in [5, 5.41) is 10.0. The number of anilines is 1. The van der Waals surface area contributed by atoms with E-state index in [1.807, 2.05) is 12.1 Å². The molecular weight excluding hydrogens is 280 g/mol. The molecule has 3 rings (SSSR count). The van der Waals surface area contributed by atoms with Gasteiger partial charge < -0.3 is 15.6 Å². The molecule has 0 unspecified atom stereocenters. The van der Waals surface area contributed by atoms with Crippen molar-refractivity contribution in [2.24, 2.45) is 0 Å². The van der Waals surface area contributed by atoms with E-state index in [-0.39, 0.29) is 5.56 Å². The first-order valence-electron chi connectivity index (χ1n) is 6.66. The highest BCUT2D eigenvalue weighted by molar-refractivity contribution is 6.04. The zero-order chi connectivity index (χ0) is 15.7. The van der Waals surface area contributed by atoms with E-state index in [2.05, 4.69) is 4.98 Å². The fourth-order valence-corrected chi connectivity index (χ4v) is 2.31. The van der Waals surface area contributed by atoms with Crippen LogP contribution in [0, 0.1) is 0 Å². The molecule has 0 atom stereocenters. The predicted octanol–water partition coefficient (Wildman–Crippen LogP) is 3.19. The Morgan fingerprint density at radius 1 is 1.14 bits per heavy atom. The number of pyridine rings is 1. The molecule has 1 aromatic heterocycles. The van der Waals surface area contributed by atoms with E-state index in [9.17, 15) is 9.90 Å². The Hall–Kier alpha value is -3.08. The van der Waals surface area contributed by atoms with Crippen LogP contribution < -0.4 is 10.5 Å². The van der Waals surface area contributed by atoms with Crippen molar-refractivity contribution in [1.82, 2.24) is 4.98 Å². The van der Waals surface area contributed by atoms with Gasteiger partial charge in [0.15, 0.2) is 0 Å². The number of nitrogens with zero attached hydrogens (tertiary/aromatic N) is 1. The average Bonchev–Trinajstić information content (AvgIpc) is 2.53. The number of hydrogen-bond donors (Lipinski definition) is 2. The summed E-state index contributed by atoms with van der Waals surface area (Å²) in [7, 11) is 1.56. The number of nitrogens with two attached hydrogens (primary N) is 1. The molecule has 0 aliphatic heterocycles. The van der Waals surface area contributed by atoms with Crippen LogP contribution in [0.2, 0.25) is 0 Å². The number of methoxy groups -OCH3 is 1. The number of nitrogen functional groups attached to an aromatic ring is 1. The molecule has 5 heteroatoms. The van der Waals surface area contributed by atoms with Gasteiger partial charge in [-0.2, -0.15) is 0 Å². The van der Waals surface area contributed by atoms with Crippen LogP contribution in [-0.2, 0) is 0 Å². The normalized spacial score (nSPS) is 10.6. The summed E-state index contributed by atoms with van der Waals surface area (Å²) < 4.78 is 5.18. The largest absolute Gasteiger partial charge is 0.497 e. The van der Waals surface area contributed by atoms with E-state index >= 15 is 0 Å². The van der Waals surface area contributed by atoms with Crippen molar-refractivity contribution in [1.29, 1.82) is 0 Å². The molecule has 0 aliphatic carbocycles.